The Morgan fingerprint density at radius 2 is 1.96 bits per heavy atom. The molecule has 2 aliphatic rings. The lowest BCUT2D eigenvalue weighted by molar-refractivity contribution is -0.158. The molecule has 7 heteroatoms. The second kappa shape index (κ2) is 6.72. The number of hydrogen-bond acceptors (Lipinski definition) is 6. The molecule has 0 aromatic rings. The first kappa shape index (κ1) is 18.7. The molecule has 2 saturated heterocycles. The van der Waals surface area contributed by atoms with Gasteiger partial charge in [0.1, 0.15) is 17.8 Å². The summed E-state index contributed by atoms with van der Waals surface area (Å²) in [6.45, 7) is 9.53. The van der Waals surface area contributed by atoms with Gasteiger partial charge in [-0.05, 0) is 34.6 Å². The Bertz CT molecular complexity index is 522. The Balaban J connectivity index is 2.14. The van der Waals surface area contributed by atoms with Gasteiger partial charge in [-0.3, -0.25) is 9.69 Å². The van der Waals surface area contributed by atoms with Gasteiger partial charge >= 0.3 is 12.1 Å². The predicted octanol–water partition coefficient (Wildman–Crippen LogP) is 2.25. The summed E-state index contributed by atoms with van der Waals surface area (Å²) in [6, 6.07) is -0.351. The van der Waals surface area contributed by atoms with E-state index < -0.39 is 17.5 Å². The molecule has 0 radical (unpaired) electrons. The molecule has 0 spiro atoms. The maximum Gasteiger partial charge on any atom is 0.410 e. The van der Waals surface area contributed by atoms with Crippen LogP contribution in [0.5, 0.6) is 0 Å². The highest BCUT2D eigenvalue weighted by atomic mass is 16.8. The van der Waals surface area contributed by atoms with Gasteiger partial charge in [-0.2, -0.15) is 0 Å². The molecule has 2 fully saturated rings. The number of rotatable bonds is 3. The maximum atomic E-state index is 12.5. The Labute approximate surface area is 142 Å². The molecular formula is C17H27NO6. The molecule has 3 atom stereocenters. The minimum absolute atomic E-state index is 0.136. The lowest BCUT2D eigenvalue weighted by Gasteiger charge is -2.30. The van der Waals surface area contributed by atoms with E-state index in [2.05, 4.69) is 4.74 Å². The molecule has 0 N–H and O–H groups in total. The molecule has 7 nitrogen and oxygen atoms in total. The fourth-order valence-electron chi connectivity index (χ4n) is 2.90. The molecule has 0 bridgehead atoms. The number of hydrogen-bond donors (Lipinski definition) is 0. The topological polar surface area (TPSA) is 74.3 Å². The summed E-state index contributed by atoms with van der Waals surface area (Å²) in [4.78, 5) is 25.4. The van der Waals surface area contributed by atoms with E-state index in [0.717, 1.165) is 0 Å². The summed E-state index contributed by atoms with van der Waals surface area (Å²) in [5.74, 6) is -1.03. The summed E-state index contributed by atoms with van der Waals surface area (Å²) in [7, 11) is 1.34. The van der Waals surface area contributed by atoms with Crippen LogP contribution in [0, 0.1) is 0 Å². The van der Waals surface area contributed by atoms with Crippen molar-refractivity contribution >= 4 is 12.1 Å². The lowest BCUT2D eigenvalue weighted by Crippen LogP contribution is -2.43. The van der Waals surface area contributed by atoms with Crippen molar-refractivity contribution in [2.75, 3.05) is 13.7 Å². The quantitative estimate of drug-likeness (QED) is 0.579. The van der Waals surface area contributed by atoms with Gasteiger partial charge in [0.05, 0.1) is 26.1 Å². The van der Waals surface area contributed by atoms with Crippen LogP contribution in [0.15, 0.2) is 12.2 Å². The zero-order valence-electron chi connectivity index (χ0n) is 15.2. The number of esters is 1. The van der Waals surface area contributed by atoms with E-state index in [9.17, 15) is 9.59 Å². The Morgan fingerprint density at radius 1 is 1.29 bits per heavy atom. The number of carbonyl (C=O) groups excluding carboxylic acids is 2. The summed E-state index contributed by atoms with van der Waals surface area (Å²) in [5.41, 5.74) is -0.587. The van der Waals surface area contributed by atoms with E-state index in [1.165, 1.54) is 7.11 Å². The lowest BCUT2D eigenvalue weighted by atomic mass is 10.1. The summed E-state index contributed by atoms with van der Waals surface area (Å²) in [6.07, 6.45) is 2.68. The second-order valence-corrected chi connectivity index (χ2v) is 7.47. The molecular weight excluding hydrogens is 314 g/mol. The van der Waals surface area contributed by atoms with Crippen molar-refractivity contribution in [1.82, 2.24) is 4.90 Å². The largest absolute Gasteiger partial charge is 0.469 e. The van der Waals surface area contributed by atoms with Crippen LogP contribution >= 0.6 is 0 Å². The Hall–Kier alpha value is -1.60. The van der Waals surface area contributed by atoms with Gasteiger partial charge in [0.25, 0.3) is 0 Å². The number of amides is 1. The van der Waals surface area contributed by atoms with Gasteiger partial charge in [0.15, 0.2) is 5.79 Å². The highest BCUT2D eigenvalue weighted by Gasteiger charge is 2.53. The molecule has 2 aliphatic heterocycles. The van der Waals surface area contributed by atoms with Gasteiger partial charge in [0.2, 0.25) is 0 Å². The summed E-state index contributed by atoms with van der Waals surface area (Å²) >= 11 is 0. The molecule has 1 amide bonds. The zero-order chi connectivity index (χ0) is 18.1. The molecule has 0 aromatic carbocycles. The van der Waals surface area contributed by atoms with E-state index in [4.69, 9.17) is 14.2 Å². The second-order valence-electron chi connectivity index (χ2n) is 7.47. The smallest absolute Gasteiger partial charge is 0.410 e. The van der Waals surface area contributed by atoms with Crippen molar-refractivity contribution < 1.29 is 28.5 Å². The molecule has 136 valence electrons. The van der Waals surface area contributed by atoms with E-state index in [-0.39, 0.29) is 30.6 Å². The molecule has 0 aromatic heterocycles. The van der Waals surface area contributed by atoms with Crippen LogP contribution in [-0.4, -0.2) is 60.3 Å². The third-order valence-corrected chi connectivity index (χ3v) is 3.77. The fourth-order valence-corrected chi connectivity index (χ4v) is 2.90. The van der Waals surface area contributed by atoms with Crippen LogP contribution in [0.25, 0.3) is 0 Å². The number of fused-ring (bicyclic) bond motifs is 1. The van der Waals surface area contributed by atoms with Crippen molar-refractivity contribution in [3.05, 3.63) is 12.2 Å². The molecule has 2 rings (SSSR count). The van der Waals surface area contributed by atoms with Crippen LogP contribution in [0.1, 0.15) is 41.0 Å². The number of nitrogens with zero attached hydrogens (tertiary/aromatic N) is 1. The number of likely N-dealkylation sites (tertiary alicyclic amines) is 1. The normalized spacial score (nSPS) is 28.9. The van der Waals surface area contributed by atoms with Crippen LogP contribution < -0.4 is 0 Å². The maximum absolute atomic E-state index is 12.5. The van der Waals surface area contributed by atoms with Crippen molar-refractivity contribution in [3.63, 3.8) is 0 Å². The molecule has 24 heavy (non-hydrogen) atoms. The fraction of sp³-hybridized carbons (Fsp3) is 0.765. The number of methoxy groups -OCH3 is 1. The van der Waals surface area contributed by atoms with Crippen molar-refractivity contribution in [3.8, 4) is 0 Å². The van der Waals surface area contributed by atoms with E-state index in [1.54, 1.807) is 17.1 Å². The van der Waals surface area contributed by atoms with Crippen molar-refractivity contribution in [2.45, 2.75) is 70.7 Å². The van der Waals surface area contributed by atoms with Gasteiger partial charge in [-0.15, -0.1) is 0 Å². The van der Waals surface area contributed by atoms with Crippen LogP contribution in [-0.2, 0) is 23.7 Å². The minimum Gasteiger partial charge on any atom is -0.469 e. The van der Waals surface area contributed by atoms with Gasteiger partial charge in [-0.25, -0.2) is 4.79 Å². The van der Waals surface area contributed by atoms with E-state index >= 15 is 0 Å². The molecule has 0 unspecified atom stereocenters. The molecule has 0 saturated carbocycles. The van der Waals surface area contributed by atoms with Crippen LogP contribution in [0.2, 0.25) is 0 Å². The van der Waals surface area contributed by atoms with Gasteiger partial charge < -0.3 is 18.9 Å². The molecule has 0 aliphatic carbocycles. The number of ether oxygens (including phenoxy) is 4. The van der Waals surface area contributed by atoms with E-state index in [1.807, 2.05) is 34.6 Å². The first-order valence-corrected chi connectivity index (χ1v) is 8.11. The van der Waals surface area contributed by atoms with Crippen LogP contribution in [0.3, 0.4) is 0 Å². The van der Waals surface area contributed by atoms with Crippen molar-refractivity contribution in [1.29, 1.82) is 0 Å². The first-order chi connectivity index (χ1) is 11.0. The standard InChI is InChI=1S/C17H27NO6/c1-16(2,3)24-15(20)18-10-12-14(23-17(4,5)22-12)11(18)8-7-9-13(19)21-6/h7-8,11-12,14H,9-10H2,1-6H3/b8-7+/t11-,12-,14+/m0/s1. The third-order valence-electron chi connectivity index (χ3n) is 3.77. The van der Waals surface area contributed by atoms with Crippen molar-refractivity contribution in [2.24, 2.45) is 0 Å². The van der Waals surface area contributed by atoms with Crippen LogP contribution in [0.4, 0.5) is 4.79 Å². The highest BCUT2D eigenvalue weighted by molar-refractivity contribution is 5.71. The van der Waals surface area contributed by atoms with E-state index in [0.29, 0.717) is 6.54 Å². The predicted molar refractivity (Wildman–Crippen MR) is 86.3 cm³/mol. The summed E-state index contributed by atoms with van der Waals surface area (Å²) in [5, 5.41) is 0. The summed E-state index contributed by atoms with van der Waals surface area (Å²) < 4.78 is 21.9. The Kier molecular flexibility index (Phi) is 5.25. The third kappa shape index (κ3) is 4.48. The van der Waals surface area contributed by atoms with Gasteiger partial charge in [-0.1, -0.05) is 12.2 Å². The average molecular weight is 341 g/mol. The zero-order valence-corrected chi connectivity index (χ0v) is 15.2. The first-order valence-electron chi connectivity index (χ1n) is 8.11. The number of carbonyl (C=O) groups is 2. The average Bonchev–Trinajstić information content (AvgIpc) is 2.89. The minimum atomic E-state index is -0.691. The molecule has 2 heterocycles. The Morgan fingerprint density at radius 3 is 2.54 bits per heavy atom. The monoisotopic (exact) mass is 341 g/mol. The highest BCUT2D eigenvalue weighted by Crippen LogP contribution is 2.37. The SMILES string of the molecule is COC(=O)C/C=C/[C@H]1[C@H]2OC(C)(C)O[C@H]2CN1C(=O)OC(C)(C)C. The van der Waals surface area contributed by atoms with Gasteiger partial charge in [0, 0.05) is 0 Å².